The molecule has 0 radical (unpaired) electrons. The van der Waals surface area contributed by atoms with Crippen LogP contribution >= 0.6 is 11.8 Å². The summed E-state index contributed by atoms with van der Waals surface area (Å²) >= 11 is 1.94. The van der Waals surface area contributed by atoms with Crippen molar-refractivity contribution in [3.05, 3.63) is 17.0 Å². The third-order valence-corrected chi connectivity index (χ3v) is 4.10. The second-order valence-electron chi connectivity index (χ2n) is 4.36. The molecule has 18 heavy (non-hydrogen) atoms. The summed E-state index contributed by atoms with van der Waals surface area (Å²) in [6.45, 7) is 9.40. The second-order valence-corrected chi connectivity index (χ2v) is 5.75. The first kappa shape index (κ1) is 15.6. The molecular weight excluding hydrogens is 244 g/mol. The van der Waals surface area contributed by atoms with Gasteiger partial charge in [0.1, 0.15) is 0 Å². The summed E-state index contributed by atoms with van der Waals surface area (Å²) in [6.07, 6.45) is 2.24. The van der Waals surface area contributed by atoms with Crippen molar-refractivity contribution in [2.75, 3.05) is 11.5 Å². The molecule has 1 N–H and O–H groups in total. The molecule has 1 atom stereocenters. The average molecular weight is 270 g/mol. The number of thioether (sulfide) groups is 1. The van der Waals surface area contributed by atoms with Crippen molar-refractivity contribution in [3.8, 4) is 0 Å². The van der Waals surface area contributed by atoms with Gasteiger partial charge in [-0.3, -0.25) is 4.68 Å². The third kappa shape index (κ3) is 3.51. The SMILES string of the molecule is CCSCCn1nc(CC)c(C(O)CC)c1CC. The van der Waals surface area contributed by atoms with E-state index in [1.807, 2.05) is 18.7 Å². The van der Waals surface area contributed by atoms with Crippen molar-refractivity contribution in [2.45, 2.75) is 59.6 Å². The Kier molecular flexibility index (Phi) is 6.79. The van der Waals surface area contributed by atoms with Crippen LogP contribution in [-0.4, -0.2) is 26.4 Å². The van der Waals surface area contributed by atoms with Crippen LogP contribution < -0.4 is 0 Å². The fourth-order valence-corrected chi connectivity index (χ4v) is 2.86. The zero-order valence-corrected chi connectivity index (χ0v) is 12.9. The number of aromatic nitrogens is 2. The highest BCUT2D eigenvalue weighted by Gasteiger charge is 2.20. The van der Waals surface area contributed by atoms with Crippen LogP contribution in [0, 0.1) is 0 Å². The molecule has 0 aliphatic rings. The molecule has 0 aromatic carbocycles. The highest BCUT2D eigenvalue weighted by atomic mass is 32.2. The minimum Gasteiger partial charge on any atom is -0.388 e. The minimum atomic E-state index is -0.359. The number of rotatable bonds is 8. The van der Waals surface area contributed by atoms with E-state index in [1.54, 1.807) is 0 Å². The van der Waals surface area contributed by atoms with Gasteiger partial charge in [-0.1, -0.05) is 27.7 Å². The van der Waals surface area contributed by atoms with Crippen molar-refractivity contribution < 1.29 is 5.11 Å². The third-order valence-electron chi connectivity index (χ3n) is 3.22. The van der Waals surface area contributed by atoms with E-state index in [0.717, 1.165) is 48.6 Å². The van der Waals surface area contributed by atoms with E-state index in [-0.39, 0.29) is 6.10 Å². The van der Waals surface area contributed by atoms with Crippen LogP contribution in [0.15, 0.2) is 0 Å². The van der Waals surface area contributed by atoms with E-state index in [4.69, 9.17) is 0 Å². The molecule has 0 saturated carbocycles. The molecule has 1 aromatic heterocycles. The second kappa shape index (κ2) is 7.85. The highest BCUT2D eigenvalue weighted by molar-refractivity contribution is 7.99. The van der Waals surface area contributed by atoms with Crippen molar-refractivity contribution >= 4 is 11.8 Å². The van der Waals surface area contributed by atoms with Gasteiger partial charge in [0, 0.05) is 17.0 Å². The average Bonchev–Trinajstić information content (AvgIpc) is 2.75. The first-order chi connectivity index (χ1) is 8.69. The first-order valence-electron chi connectivity index (χ1n) is 7.03. The van der Waals surface area contributed by atoms with Crippen molar-refractivity contribution in [1.82, 2.24) is 9.78 Å². The Morgan fingerprint density at radius 1 is 1.22 bits per heavy atom. The summed E-state index contributed by atoms with van der Waals surface area (Å²) in [5.41, 5.74) is 3.38. The van der Waals surface area contributed by atoms with Crippen LogP contribution in [-0.2, 0) is 19.4 Å². The molecule has 0 aliphatic heterocycles. The number of aliphatic hydroxyl groups is 1. The van der Waals surface area contributed by atoms with Crippen LogP contribution in [0.3, 0.4) is 0 Å². The van der Waals surface area contributed by atoms with Gasteiger partial charge in [0.2, 0.25) is 0 Å². The molecule has 0 saturated heterocycles. The lowest BCUT2D eigenvalue weighted by Gasteiger charge is -2.11. The van der Waals surface area contributed by atoms with Crippen LogP contribution in [0.2, 0.25) is 0 Å². The molecule has 0 bridgehead atoms. The number of hydrogen-bond acceptors (Lipinski definition) is 3. The molecular formula is C14H26N2OS. The van der Waals surface area contributed by atoms with E-state index in [1.165, 1.54) is 5.69 Å². The fourth-order valence-electron chi connectivity index (χ4n) is 2.27. The number of aliphatic hydroxyl groups excluding tert-OH is 1. The van der Waals surface area contributed by atoms with E-state index in [9.17, 15) is 5.11 Å². The van der Waals surface area contributed by atoms with Gasteiger partial charge in [0.15, 0.2) is 0 Å². The Balaban J connectivity index is 3.00. The molecule has 1 heterocycles. The first-order valence-corrected chi connectivity index (χ1v) is 8.19. The minimum absolute atomic E-state index is 0.359. The predicted molar refractivity (Wildman–Crippen MR) is 79.2 cm³/mol. The molecule has 104 valence electrons. The van der Waals surface area contributed by atoms with Gasteiger partial charge in [-0.05, 0) is 25.0 Å². The van der Waals surface area contributed by atoms with Gasteiger partial charge in [0.05, 0.1) is 18.3 Å². The molecule has 0 aliphatic carbocycles. The molecule has 1 aromatic rings. The Morgan fingerprint density at radius 3 is 2.44 bits per heavy atom. The molecule has 3 nitrogen and oxygen atoms in total. The summed E-state index contributed by atoms with van der Waals surface area (Å²) in [5.74, 6) is 2.24. The molecule has 1 unspecified atom stereocenters. The van der Waals surface area contributed by atoms with Gasteiger partial charge in [-0.25, -0.2) is 0 Å². The Bertz CT molecular complexity index is 363. The maximum Gasteiger partial charge on any atom is 0.0823 e. The van der Waals surface area contributed by atoms with Crippen molar-refractivity contribution in [2.24, 2.45) is 0 Å². The maximum absolute atomic E-state index is 10.2. The largest absolute Gasteiger partial charge is 0.388 e. The van der Waals surface area contributed by atoms with Crippen LogP contribution in [0.4, 0.5) is 0 Å². The van der Waals surface area contributed by atoms with E-state index in [2.05, 4.69) is 30.6 Å². The summed E-state index contributed by atoms with van der Waals surface area (Å²) in [4.78, 5) is 0. The topological polar surface area (TPSA) is 38.0 Å². The fraction of sp³-hybridized carbons (Fsp3) is 0.786. The number of aryl methyl sites for hydroxylation is 2. The van der Waals surface area contributed by atoms with Crippen molar-refractivity contribution in [3.63, 3.8) is 0 Å². The zero-order chi connectivity index (χ0) is 13.5. The normalized spacial score (nSPS) is 12.9. The van der Waals surface area contributed by atoms with Gasteiger partial charge >= 0.3 is 0 Å². The zero-order valence-electron chi connectivity index (χ0n) is 12.1. The molecule has 0 amide bonds. The standard InChI is InChI=1S/C14H26N2OS/c1-5-11-14(13(17)7-3)12(6-2)16(15-11)9-10-18-8-4/h13,17H,5-10H2,1-4H3. The van der Waals surface area contributed by atoms with Gasteiger partial charge in [-0.15, -0.1) is 0 Å². The Morgan fingerprint density at radius 2 is 1.94 bits per heavy atom. The summed E-state index contributed by atoms with van der Waals surface area (Å²) in [7, 11) is 0. The lowest BCUT2D eigenvalue weighted by Crippen LogP contribution is -2.08. The molecule has 0 spiro atoms. The number of nitrogens with zero attached hydrogens (tertiary/aromatic N) is 2. The summed E-state index contributed by atoms with van der Waals surface area (Å²) in [6, 6.07) is 0. The molecule has 4 heteroatoms. The maximum atomic E-state index is 10.2. The predicted octanol–water partition coefficient (Wildman–Crippen LogP) is 3.20. The monoisotopic (exact) mass is 270 g/mol. The van der Waals surface area contributed by atoms with Gasteiger partial charge in [-0.2, -0.15) is 16.9 Å². The Labute approximate surface area is 115 Å². The van der Waals surface area contributed by atoms with Crippen LogP contribution in [0.1, 0.15) is 57.2 Å². The van der Waals surface area contributed by atoms with Gasteiger partial charge < -0.3 is 5.11 Å². The molecule has 0 fully saturated rings. The number of hydrogen-bond donors (Lipinski definition) is 1. The van der Waals surface area contributed by atoms with Gasteiger partial charge in [0.25, 0.3) is 0 Å². The van der Waals surface area contributed by atoms with E-state index >= 15 is 0 Å². The Hall–Kier alpha value is -0.480. The summed E-state index contributed by atoms with van der Waals surface area (Å²) in [5, 5.41) is 14.9. The van der Waals surface area contributed by atoms with E-state index < -0.39 is 0 Å². The quantitative estimate of drug-likeness (QED) is 0.737. The summed E-state index contributed by atoms with van der Waals surface area (Å²) < 4.78 is 2.11. The van der Waals surface area contributed by atoms with Crippen LogP contribution in [0.5, 0.6) is 0 Å². The van der Waals surface area contributed by atoms with E-state index in [0.29, 0.717) is 0 Å². The smallest absolute Gasteiger partial charge is 0.0823 e. The lowest BCUT2D eigenvalue weighted by molar-refractivity contribution is 0.171. The highest BCUT2D eigenvalue weighted by Crippen LogP contribution is 2.26. The molecule has 1 rings (SSSR count). The van der Waals surface area contributed by atoms with Crippen molar-refractivity contribution in [1.29, 1.82) is 0 Å². The lowest BCUT2D eigenvalue weighted by atomic mass is 10.0. The van der Waals surface area contributed by atoms with Crippen LogP contribution in [0.25, 0.3) is 0 Å².